The lowest BCUT2D eigenvalue weighted by molar-refractivity contribution is 0.888. The summed E-state index contributed by atoms with van der Waals surface area (Å²) in [5, 5.41) is 10.2. The summed E-state index contributed by atoms with van der Waals surface area (Å²) in [6.45, 7) is 0. The van der Waals surface area contributed by atoms with Crippen LogP contribution in [0.1, 0.15) is 23.2 Å². The van der Waals surface area contributed by atoms with Crippen LogP contribution in [0.2, 0.25) is 0 Å². The Hall–Kier alpha value is -2.13. The molecular formula is C13H10N4OS. The van der Waals surface area contributed by atoms with Gasteiger partial charge in [0.2, 0.25) is 0 Å². The Balaban J connectivity index is 2.01. The number of aromatic amines is 1. The van der Waals surface area contributed by atoms with E-state index in [9.17, 15) is 10.1 Å². The van der Waals surface area contributed by atoms with Crippen LogP contribution in [-0.4, -0.2) is 15.0 Å². The van der Waals surface area contributed by atoms with Crippen molar-refractivity contribution in [3.63, 3.8) is 0 Å². The van der Waals surface area contributed by atoms with Crippen molar-refractivity contribution in [3.05, 3.63) is 45.5 Å². The van der Waals surface area contributed by atoms with Crippen molar-refractivity contribution < 1.29 is 0 Å². The van der Waals surface area contributed by atoms with Crippen molar-refractivity contribution >= 4 is 11.8 Å². The zero-order chi connectivity index (χ0) is 13.2. The summed E-state index contributed by atoms with van der Waals surface area (Å²) in [4.78, 5) is 22.4. The Labute approximate surface area is 113 Å². The number of aromatic nitrogens is 3. The smallest absolute Gasteiger partial charge is 0.251 e. The molecule has 1 N–H and O–H groups in total. The lowest BCUT2D eigenvalue weighted by atomic mass is 10.2. The van der Waals surface area contributed by atoms with Crippen LogP contribution in [0.4, 0.5) is 0 Å². The molecule has 0 saturated heterocycles. The molecule has 1 aliphatic rings. The zero-order valence-electron chi connectivity index (χ0n) is 10.0. The minimum absolute atomic E-state index is 0.211. The number of aryl methyl sites for hydroxylation is 2. The van der Waals surface area contributed by atoms with Crippen molar-refractivity contribution in [1.82, 2.24) is 15.0 Å². The maximum Gasteiger partial charge on any atom is 0.251 e. The van der Waals surface area contributed by atoms with Gasteiger partial charge in [0.25, 0.3) is 5.56 Å². The molecule has 19 heavy (non-hydrogen) atoms. The molecule has 0 amide bonds. The summed E-state index contributed by atoms with van der Waals surface area (Å²) in [5.41, 5.74) is 2.55. The van der Waals surface area contributed by atoms with E-state index in [0.29, 0.717) is 15.7 Å². The number of nitrogens with zero attached hydrogens (tertiary/aromatic N) is 3. The number of hydrogen-bond donors (Lipinski definition) is 1. The summed E-state index contributed by atoms with van der Waals surface area (Å²) in [6, 6.07) is 5.41. The van der Waals surface area contributed by atoms with Crippen LogP contribution in [0, 0.1) is 11.3 Å². The second-order valence-electron chi connectivity index (χ2n) is 4.25. The Morgan fingerprint density at radius 1 is 1.42 bits per heavy atom. The highest BCUT2D eigenvalue weighted by molar-refractivity contribution is 7.99. The number of nitrogens with one attached hydrogen (secondary N) is 1. The molecule has 0 aromatic carbocycles. The Morgan fingerprint density at radius 3 is 3.11 bits per heavy atom. The van der Waals surface area contributed by atoms with Gasteiger partial charge >= 0.3 is 0 Å². The summed E-state index contributed by atoms with van der Waals surface area (Å²) in [7, 11) is 0. The minimum atomic E-state index is -0.211. The van der Waals surface area contributed by atoms with E-state index < -0.39 is 0 Å². The average molecular weight is 270 g/mol. The van der Waals surface area contributed by atoms with E-state index in [0.717, 1.165) is 30.5 Å². The SMILES string of the molecule is N#Cc1cc2c(nc1Sc1nccc(=O)[nH]1)CCC2. The first-order valence-electron chi connectivity index (χ1n) is 5.92. The molecule has 0 saturated carbocycles. The van der Waals surface area contributed by atoms with Gasteiger partial charge < -0.3 is 4.98 Å². The normalized spacial score (nSPS) is 13.0. The summed E-state index contributed by atoms with van der Waals surface area (Å²) < 4.78 is 0. The first-order chi connectivity index (χ1) is 9.26. The number of nitriles is 1. The van der Waals surface area contributed by atoms with Crippen LogP contribution in [0.25, 0.3) is 0 Å². The molecule has 0 radical (unpaired) electrons. The molecule has 94 valence electrons. The van der Waals surface area contributed by atoms with Crippen LogP contribution >= 0.6 is 11.8 Å². The van der Waals surface area contributed by atoms with Gasteiger partial charge in [-0.25, -0.2) is 9.97 Å². The molecular weight excluding hydrogens is 260 g/mol. The fourth-order valence-corrected chi connectivity index (χ4v) is 2.93. The van der Waals surface area contributed by atoms with E-state index in [-0.39, 0.29) is 5.56 Å². The number of hydrogen-bond acceptors (Lipinski definition) is 5. The molecule has 3 rings (SSSR count). The zero-order valence-corrected chi connectivity index (χ0v) is 10.8. The van der Waals surface area contributed by atoms with Crippen LogP contribution in [0.3, 0.4) is 0 Å². The van der Waals surface area contributed by atoms with Gasteiger partial charge in [-0.05, 0) is 42.7 Å². The molecule has 6 heteroatoms. The van der Waals surface area contributed by atoms with Crippen molar-refractivity contribution in [2.45, 2.75) is 29.4 Å². The second-order valence-corrected chi connectivity index (χ2v) is 5.23. The maximum atomic E-state index is 11.2. The number of rotatable bonds is 2. The van der Waals surface area contributed by atoms with E-state index in [1.54, 1.807) is 0 Å². The Bertz CT molecular complexity index is 732. The monoisotopic (exact) mass is 270 g/mol. The van der Waals surface area contributed by atoms with Crippen molar-refractivity contribution in [2.24, 2.45) is 0 Å². The molecule has 0 spiro atoms. The van der Waals surface area contributed by atoms with Crippen LogP contribution in [0.5, 0.6) is 0 Å². The molecule has 0 aliphatic heterocycles. The van der Waals surface area contributed by atoms with Gasteiger partial charge in [-0.2, -0.15) is 5.26 Å². The quantitative estimate of drug-likeness (QED) is 0.839. The first-order valence-corrected chi connectivity index (χ1v) is 6.74. The molecule has 2 aromatic rings. The van der Waals surface area contributed by atoms with E-state index in [1.807, 2.05) is 6.07 Å². The van der Waals surface area contributed by atoms with E-state index in [2.05, 4.69) is 21.0 Å². The number of fused-ring (bicyclic) bond motifs is 1. The van der Waals surface area contributed by atoms with Gasteiger partial charge in [0, 0.05) is 18.0 Å². The van der Waals surface area contributed by atoms with E-state index in [1.165, 1.54) is 24.0 Å². The summed E-state index contributed by atoms with van der Waals surface area (Å²) >= 11 is 1.22. The first kappa shape index (κ1) is 11.9. The highest BCUT2D eigenvalue weighted by Gasteiger charge is 2.17. The average Bonchev–Trinajstić information content (AvgIpc) is 2.85. The molecule has 2 heterocycles. The molecule has 1 aliphatic carbocycles. The lowest BCUT2D eigenvalue weighted by Crippen LogP contribution is -2.05. The number of H-pyrrole nitrogens is 1. The minimum Gasteiger partial charge on any atom is -0.301 e. The molecule has 0 fully saturated rings. The predicted molar refractivity (Wildman–Crippen MR) is 70.0 cm³/mol. The van der Waals surface area contributed by atoms with Gasteiger partial charge in [-0.3, -0.25) is 4.79 Å². The van der Waals surface area contributed by atoms with Crippen LogP contribution < -0.4 is 5.56 Å². The fraction of sp³-hybridized carbons (Fsp3) is 0.231. The van der Waals surface area contributed by atoms with Gasteiger partial charge in [0.15, 0.2) is 5.16 Å². The standard InChI is InChI=1S/C13H10N4OS/c14-7-9-6-8-2-1-3-10(8)16-12(9)19-13-15-5-4-11(18)17-13/h4-6H,1-3H2,(H,15,17,18). The topological polar surface area (TPSA) is 82.4 Å². The Morgan fingerprint density at radius 2 is 2.32 bits per heavy atom. The maximum absolute atomic E-state index is 11.2. The highest BCUT2D eigenvalue weighted by atomic mass is 32.2. The van der Waals surface area contributed by atoms with Gasteiger partial charge in [0.1, 0.15) is 11.1 Å². The van der Waals surface area contributed by atoms with Crippen molar-refractivity contribution in [2.75, 3.05) is 0 Å². The van der Waals surface area contributed by atoms with Crippen molar-refractivity contribution in [3.8, 4) is 6.07 Å². The van der Waals surface area contributed by atoms with Crippen LogP contribution in [-0.2, 0) is 12.8 Å². The second kappa shape index (κ2) is 4.86. The van der Waals surface area contributed by atoms with E-state index in [4.69, 9.17) is 0 Å². The molecule has 2 aromatic heterocycles. The van der Waals surface area contributed by atoms with Gasteiger partial charge in [-0.1, -0.05) is 0 Å². The van der Waals surface area contributed by atoms with E-state index >= 15 is 0 Å². The summed E-state index contributed by atoms with van der Waals surface area (Å²) in [6.07, 6.45) is 4.47. The molecule has 0 atom stereocenters. The third-order valence-corrected chi connectivity index (χ3v) is 3.88. The summed E-state index contributed by atoms with van der Waals surface area (Å²) in [5.74, 6) is 0. The predicted octanol–water partition coefficient (Wildman–Crippen LogP) is 1.68. The van der Waals surface area contributed by atoms with Gasteiger partial charge in [-0.15, -0.1) is 0 Å². The number of pyridine rings is 1. The largest absolute Gasteiger partial charge is 0.301 e. The van der Waals surface area contributed by atoms with Gasteiger partial charge in [0.05, 0.1) is 5.56 Å². The third kappa shape index (κ3) is 2.37. The molecule has 0 bridgehead atoms. The lowest BCUT2D eigenvalue weighted by Gasteiger charge is -2.05. The third-order valence-electron chi connectivity index (χ3n) is 2.98. The molecule has 5 nitrogen and oxygen atoms in total. The van der Waals surface area contributed by atoms with Crippen LogP contribution in [0.15, 0.2) is 33.3 Å². The fourth-order valence-electron chi connectivity index (χ4n) is 2.11. The van der Waals surface area contributed by atoms with Crippen molar-refractivity contribution in [1.29, 1.82) is 5.26 Å². The highest BCUT2D eigenvalue weighted by Crippen LogP contribution is 2.30. The Kier molecular flexibility index (Phi) is 3.05. The molecule has 0 unspecified atom stereocenters.